The maximum absolute atomic E-state index is 11.6. The molecule has 1 aliphatic rings. The van der Waals surface area contributed by atoms with Crippen molar-refractivity contribution in [3.8, 4) is 5.75 Å². The van der Waals surface area contributed by atoms with Crippen LogP contribution in [-0.2, 0) is 4.74 Å². The normalized spacial score (nSPS) is 17.1. The van der Waals surface area contributed by atoms with Gasteiger partial charge in [0.25, 0.3) is 0 Å². The molecule has 0 N–H and O–H groups in total. The van der Waals surface area contributed by atoms with E-state index in [1.54, 1.807) is 10.9 Å². The third-order valence-corrected chi connectivity index (χ3v) is 3.07. The van der Waals surface area contributed by atoms with Crippen molar-refractivity contribution in [2.45, 2.75) is 6.04 Å². The molecule has 1 atom stereocenters. The molecule has 0 saturated carbocycles. The number of carbonyl (C=O) groups is 1. The summed E-state index contributed by atoms with van der Waals surface area (Å²) in [4.78, 5) is 15.7. The van der Waals surface area contributed by atoms with Crippen LogP contribution in [0.15, 0.2) is 36.8 Å². The lowest BCUT2D eigenvalue weighted by Crippen LogP contribution is -2.17. The van der Waals surface area contributed by atoms with Crippen molar-refractivity contribution in [1.82, 2.24) is 9.55 Å². The van der Waals surface area contributed by atoms with Gasteiger partial charge in [-0.05, 0) is 6.07 Å². The van der Waals surface area contributed by atoms with Gasteiger partial charge in [0.05, 0.1) is 25.7 Å². The van der Waals surface area contributed by atoms with Crippen molar-refractivity contribution in [2.75, 3.05) is 13.7 Å². The van der Waals surface area contributed by atoms with E-state index in [1.165, 1.54) is 13.3 Å². The second-order valence-corrected chi connectivity index (χ2v) is 4.04. The van der Waals surface area contributed by atoms with Crippen LogP contribution in [0.3, 0.4) is 0 Å². The number of esters is 1. The number of ether oxygens (including phenoxy) is 2. The van der Waals surface area contributed by atoms with Gasteiger partial charge in [0.1, 0.15) is 18.1 Å². The van der Waals surface area contributed by atoms with Crippen molar-refractivity contribution in [1.29, 1.82) is 0 Å². The standard InChI is InChI=1S/C13H12N2O3/c1-17-13(16)10-6-14-8-15(10)11-7-18-12-5-3-2-4-9(11)12/h2-6,8,11H,7H2,1H3. The molecule has 18 heavy (non-hydrogen) atoms. The lowest BCUT2D eigenvalue weighted by molar-refractivity contribution is 0.0586. The van der Waals surface area contributed by atoms with Gasteiger partial charge in [-0.3, -0.25) is 0 Å². The van der Waals surface area contributed by atoms with Crippen molar-refractivity contribution >= 4 is 5.97 Å². The molecule has 0 fully saturated rings. The van der Waals surface area contributed by atoms with E-state index in [-0.39, 0.29) is 6.04 Å². The molecule has 3 rings (SSSR count). The van der Waals surface area contributed by atoms with Crippen LogP contribution in [0, 0.1) is 0 Å². The molecule has 5 heteroatoms. The molecule has 2 heterocycles. The lowest BCUT2D eigenvalue weighted by atomic mass is 10.1. The highest BCUT2D eigenvalue weighted by Crippen LogP contribution is 2.35. The number of aromatic nitrogens is 2. The molecule has 0 saturated heterocycles. The number of fused-ring (bicyclic) bond motifs is 1. The minimum atomic E-state index is -0.392. The summed E-state index contributed by atoms with van der Waals surface area (Å²) in [5.41, 5.74) is 1.49. The van der Waals surface area contributed by atoms with Crippen molar-refractivity contribution in [3.05, 3.63) is 48.0 Å². The van der Waals surface area contributed by atoms with Gasteiger partial charge in [-0.25, -0.2) is 9.78 Å². The Morgan fingerprint density at radius 3 is 3.17 bits per heavy atom. The predicted octanol–water partition coefficient (Wildman–Crippen LogP) is 1.65. The first-order valence-corrected chi connectivity index (χ1v) is 5.63. The summed E-state index contributed by atoms with van der Waals surface area (Å²) < 4.78 is 12.1. The second-order valence-electron chi connectivity index (χ2n) is 4.04. The number of hydrogen-bond acceptors (Lipinski definition) is 4. The van der Waals surface area contributed by atoms with Crippen LogP contribution in [0.2, 0.25) is 0 Å². The first kappa shape index (κ1) is 10.8. The van der Waals surface area contributed by atoms with Gasteiger partial charge in [0.2, 0.25) is 0 Å². The highest BCUT2D eigenvalue weighted by molar-refractivity contribution is 5.87. The first-order valence-electron chi connectivity index (χ1n) is 5.63. The fourth-order valence-corrected chi connectivity index (χ4v) is 2.19. The van der Waals surface area contributed by atoms with Gasteiger partial charge in [-0.1, -0.05) is 18.2 Å². The van der Waals surface area contributed by atoms with Gasteiger partial charge in [-0.2, -0.15) is 0 Å². The first-order chi connectivity index (χ1) is 8.81. The van der Waals surface area contributed by atoms with Gasteiger partial charge >= 0.3 is 5.97 Å². The van der Waals surface area contributed by atoms with Crippen LogP contribution in [0.1, 0.15) is 22.1 Å². The average molecular weight is 244 g/mol. The quantitative estimate of drug-likeness (QED) is 0.754. The van der Waals surface area contributed by atoms with E-state index < -0.39 is 5.97 Å². The van der Waals surface area contributed by atoms with Crippen molar-refractivity contribution in [2.24, 2.45) is 0 Å². The zero-order chi connectivity index (χ0) is 12.5. The summed E-state index contributed by atoms with van der Waals surface area (Å²) >= 11 is 0. The van der Waals surface area contributed by atoms with Crippen LogP contribution in [0.4, 0.5) is 0 Å². The molecule has 1 aromatic carbocycles. The number of para-hydroxylation sites is 1. The minimum Gasteiger partial charge on any atom is -0.491 e. The summed E-state index contributed by atoms with van der Waals surface area (Å²) in [5.74, 6) is 0.462. The zero-order valence-electron chi connectivity index (χ0n) is 9.87. The van der Waals surface area contributed by atoms with E-state index in [2.05, 4.69) is 4.98 Å². The number of carbonyl (C=O) groups excluding carboxylic acids is 1. The highest BCUT2D eigenvalue weighted by Gasteiger charge is 2.28. The Morgan fingerprint density at radius 2 is 2.33 bits per heavy atom. The molecule has 1 aromatic heterocycles. The number of rotatable bonds is 2. The maximum Gasteiger partial charge on any atom is 0.356 e. The molecular weight excluding hydrogens is 232 g/mol. The molecule has 2 aromatic rings. The Morgan fingerprint density at radius 1 is 1.50 bits per heavy atom. The summed E-state index contributed by atoms with van der Waals surface area (Å²) in [6.45, 7) is 0.500. The highest BCUT2D eigenvalue weighted by atomic mass is 16.5. The molecule has 0 amide bonds. The van der Waals surface area contributed by atoms with Crippen LogP contribution in [0.25, 0.3) is 0 Å². The second kappa shape index (κ2) is 4.18. The Kier molecular flexibility index (Phi) is 2.51. The van der Waals surface area contributed by atoms with E-state index >= 15 is 0 Å². The number of methoxy groups -OCH3 is 1. The fourth-order valence-electron chi connectivity index (χ4n) is 2.19. The third kappa shape index (κ3) is 1.55. The molecule has 0 bridgehead atoms. The monoisotopic (exact) mass is 244 g/mol. The molecule has 1 aliphatic heterocycles. The van der Waals surface area contributed by atoms with Gasteiger partial charge in [0.15, 0.2) is 0 Å². The number of benzene rings is 1. The Balaban J connectivity index is 2.03. The van der Waals surface area contributed by atoms with Crippen molar-refractivity contribution < 1.29 is 14.3 Å². The van der Waals surface area contributed by atoms with E-state index in [1.807, 2.05) is 24.3 Å². The summed E-state index contributed by atoms with van der Waals surface area (Å²) in [6.07, 6.45) is 3.13. The summed E-state index contributed by atoms with van der Waals surface area (Å²) in [7, 11) is 1.36. The molecule has 1 unspecified atom stereocenters. The van der Waals surface area contributed by atoms with Crippen molar-refractivity contribution in [3.63, 3.8) is 0 Å². The molecule has 92 valence electrons. The summed E-state index contributed by atoms with van der Waals surface area (Å²) in [5, 5.41) is 0. The van der Waals surface area contributed by atoms with E-state index in [0.29, 0.717) is 12.3 Å². The van der Waals surface area contributed by atoms with Crippen LogP contribution >= 0.6 is 0 Å². The lowest BCUT2D eigenvalue weighted by Gasteiger charge is -2.13. The summed E-state index contributed by atoms with van der Waals surface area (Å²) in [6, 6.07) is 7.77. The fraction of sp³-hybridized carbons (Fsp3) is 0.231. The number of hydrogen-bond donors (Lipinski definition) is 0. The van der Waals surface area contributed by atoms with Gasteiger partial charge < -0.3 is 14.0 Å². The molecule has 0 radical (unpaired) electrons. The Bertz CT molecular complexity index is 591. The van der Waals surface area contributed by atoms with Crippen LogP contribution in [-0.4, -0.2) is 29.2 Å². The minimum absolute atomic E-state index is 0.0298. The molecule has 0 aliphatic carbocycles. The van der Waals surface area contributed by atoms with Crippen LogP contribution in [0.5, 0.6) is 5.75 Å². The number of nitrogens with zero attached hydrogens (tertiary/aromatic N) is 2. The molecule has 5 nitrogen and oxygen atoms in total. The predicted molar refractivity (Wildman–Crippen MR) is 63.6 cm³/mol. The van der Waals surface area contributed by atoms with E-state index in [4.69, 9.17) is 9.47 Å². The maximum atomic E-state index is 11.6. The molecular formula is C13H12N2O3. The smallest absolute Gasteiger partial charge is 0.356 e. The SMILES string of the molecule is COC(=O)c1cncn1C1COc2ccccc21. The topological polar surface area (TPSA) is 53.3 Å². The zero-order valence-corrected chi connectivity index (χ0v) is 9.87. The van der Waals surface area contributed by atoms with Gasteiger partial charge in [-0.15, -0.1) is 0 Å². The Hall–Kier alpha value is -2.30. The van der Waals surface area contributed by atoms with E-state index in [0.717, 1.165) is 11.3 Å². The average Bonchev–Trinajstić information content (AvgIpc) is 3.03. The largest absolute Gasteiger partial charge is 0.491 e. The van der Waals surface area contributed by atoms with Gasteiger partial charge in [0, 0.05) is 5.56 Å². The molecule has 0 spiro atoms. The number of imidazole rings is 1. The van der Waals surface area contributed by atoms with E-state index in [9.17, 15) is 4.79 Å². The third-order valence-electron chi connectivity index (χ3n) is 3.07. The van der Waals surface area contributed by atoms with Crippen LogP contribution < -0.4 is 4.74 Å². The Labute approximate surface area is 104 Å².